The first-order chi connectivity index (χ1) is 8.70. The third kappa shape index (κ3) is 3.32. The van der Waals surface area contributed by atoms with Gasteiger partial charge in [0.15, 0.2) is 0 Å². The second-order valence-corrected chi connectivity index (χ2v) is 5.60. The Morgan fingerprint density at radius 1 is 1.39 bits per heavy atom. The summed E-state index contributed by atoms with van der Waals surface area (Å²) in [5, 5.41) is 4.43. The molecule has 1 unspecified atom stereocenters. The summed E-state index contributed by atoms with van der Waals surface area (Å²) in [6.07, 6.45) is 5.00. The normalized spacial score (nSPS) is 12.6. The molecule has 0 bridgehead atoms. The zero-order valence-electron chi connectivity index (χ0n) is 10.6. The van der Waals surface area contributed by atoms with Crippen molar-refractivity contribution >= 4 is 22.6 Å². The summed E-state index contributed by atoms with van der Waals surface area (Å²) < 4.78 is 8.35. The molecule has 0 aliphatic heterocycles. The quantitative estimate of drug-likeness (QED) is 0.763. The molecular formula is C14H17IN2O. The maximum absolute atomic E-state index is 5.10. The van der Waals surface area contributed by atoms with E-state index in [1.807, 2.05) is 10.9 Å². The average Bonchev–Trinajstić information content (AvgIpc) is 2.85. The van der Waals surface area contributed by atoms with Gasteiger partial charge in [0.25, 0.3) is 0 Å². The molecule has 1 aromatic carbocycles. The minimum atomic E-state index is 0.362. The van der Waals surface area contributed by atoms with Crippen LogP contribution in [0.4, 0.5) is 0 Å². The molecule has 96 valence electrons. The summed E-state index contributed by atoms with van der Waals surface area (Å²) in [5.41, 5.74) is 2.38. The van der Waals surface area contributed by atoms with E-state index in [4.69, 9.17) is 4.74 Å². The fourth-order valence-electron chi connectivity index (χ4n) is 1.82. The van der Waals surface area contributed by atoms with Crippen LogP contribution in [0.25, 0.3) is 11.1 Å². The van der Waals surface area contributed by atoms with E-state index >= 15 is 0 Å². The van der Waals surface area contributed by atoms with Gasteiger partial charge < -0.3 is 4.74 Å². The Balaban J connectivity index is 2.15. The number of nitrogens with zero attached hydrogens (tertiary/aromatic N) is 2. The Morgan fingerprint density at radius 3 is 2.94 bits per heavy atom. The molecule has 0 spiro atoms. The molecule has 0 radical (unpaired) electrons. The zero-order valence-corrected chi connectivity index (χ0v) is 12.8. The van der Waals surface area contributed by atoms with Gasteiger partial charge in [0, 0.05) is 29.0 Å². The van der Waals surface area contributed by atoms with Crippen molar-refractivity contribution in [1.82, 2.24) is 9.78 Å². The molecule has 0 saturated heterocycles. The van der Waals surface area contributed by atoms with E-state index in [-0.39, 0.29) is 0 Å². The number of hydrogen-bond acceptors (Lipinski definition) is 2. The molecule has 18 heavy (non-hydrogen) atoms. The summed E-state index contributed by atoms with van der Waals surface area (Å²) in [7, 11) is 1.73. The molecular weight excluding hydrogens is 339 g/mol. The molecule has 0 aliphatic carbocycles. The van der Waals surface area contributed by atoms with Gasteiger partial charge in [0.05, 0.1) is 12.2 Å². The molecule has 1 aromatic heterocycles. The lowest BCUT2D eigenvalue weighted by Crippen LogP contribution is -2.07. The van der Waals surface area contributed by atoms with Crippen molar-refractivity contribution in [3.63, 3.8) is 0 Å². The van der Waals surface area contributed by atoms with Gasteiger partial charge in [-0.2, -0.15) is 5.10 Å². The molecule has 0 amide bonds. The Bertz CT molecular complexity index is 510. The monoisotopic (exact) mass is 356 g/mol. The first-order valence-electron chi connectivity index (χ1n) is 5.99. The molecule has 1 heterocycles. The minimum Gasteiger partial charge on any atom is -0.385 e. The van der Waals surface area contributed by atoms with Gasteiger partial charge in [0.1, 0.15) is 0 Å². The lowest BCUT2D eigenvalue weighted by molar-refractivity contribution is 0.178. The van der Waals surface area contributed by atoms with E-state index in [0.29, 0.717) is 6.04 Å². The van der Waals surface area contributed by atoms with E-state index < -0.39 is 0 Å². The molecule has 3 nitrogen and oxygen atoms in total. The van der Waals surface area contributed by atoms with Crippen molar-refractivity contribution in [2.45, 2.75) is 19.4 Å². The molecule has 0 aliphatic rings. The van der Waals surface area contributed by atoms with Crippen LogP contribution in [0.15, 0.2) is 36.7 Å². The number of hydrogen-bond donors (Lipinski definition) is 0. The number of methoxy groups -OCH3 is 1. The average molecular weight is 356 g/mol. The van der Waals surface area contributed by atoms with Crippen LogP contribution in [-0.4, -0.2) is 23.5 Å². The molecule has 2 rings (SSSR count). The first kappa shape index (κ1) is 13.5. The second kappa shape index (κ2) is 6.33. The number of halogens is 1. The predicted molar refractivity (Wildman–Crippen MR) is 81.6 cm³/mol. The SMILES string of the molecule is COCCC(C)n1cc(-c2cccc(I)c2)cn1. The fourth-order valence-corrected chi connectivity index (χ4v) is 2.36. The Labute approximate surface area is 121 Å². The largest absolute Gasteiger partial charge is 0.385 e. The van der Waals surface area contributed by atoms with Gasteiger partial charge in [-0.3, -0.25) is 4.68 Å². The van der Waals surface area contributed by atoms with E-state index in [2.05, 4.69) is 65.1 Å². The van der Waals surface area contributed by atoms with Gasteiger partial charge in [-0.15, -0.1) is 0 Å². The number of aromatic nitrogens is 2. The van der Waals surface area contributed by atoms with Gasteiger partial charge in [-0.05, 0) is 53.6 Å². The highest BCUT2D eigenvalue weighted by Gasteiger charge is 2.07. The van der Waals surface area contributed by atoms with Gasteiger partial charge in [0.2, 0.25) is 0 Å². The zero-order chi connectivity index (χ0) is 13.0. The first-order valence-corrected chi connectivity index (χ1v) is 7.07. The Hall–Kier alpha value is -0.880. The van der Waals surface area contributed by atoms with Crippen LogP contribution in [0.3, 0.4) is 0 Å². The minimum absolute atomic E-state index is 0.362. The van der Waals surface area contributed by atoms with Crippen LogP contribution in [0.1, 0.15) is 19.4 Å². The lowest BCUT2D eigenvalue weighted by Gasteiger charge is -2.10. The highest BCUT2D eigenvalue weighted by molar-refractivity contribution is 14.1. The lowest BCUT2D eigenvalue weighted by atomic mass is 10.1. The summed E-state index contributed by atoms with van der Waals surface area (Å²) in [6.45, 7) is 2.92. The number of ether oxygens (including phenoxy) is 1. The van der Waals surface area contributed by atoms with Crippen LogP contribution in [0.2, 0.25) is 0 Å². The van der Waals surface area contributed by atoms with Gasteiger partial charge >= 0.3 is 0 Å². The van der Waals surface area contributed by atoms with Crippen molar-refractivity contribution in [2.75, 3.05) is 13.7 Å². The van der Waals surface area contributed by atoms with E-state index in [1.54, 1.807) is 7.11 Å². The Kier molecular flexibility index (Phi) is 4.77. The molecule has 4 heteroatoms. The third-order valence-corrected chi connectivity index (χ3v) is 3.62. The van der Waals surface area contributed by atoms with Crippen molar-refractivity contribution < 1.29 is 4.74 Å². The van der Waals surface area contributed by atoms with E-state index in [1.165, 1.54) is 9.13 Å². The standard InChI is InChI=1S/C14H17IN2O/c1-11(6-7-18-2)17-10-13(9-16-17)12-4-3-5-14(15)8-12/h3-5,8-11H,6-7H2,1-2H3. The number of benzene rings is 1. The number of rotatable bonds is 5. The summed E-state index contributed by atoms with van der Waals surface area (Å²) in [4.78, 5) is 0. The van der Waals surface area contributed by atoms with E-state index in [9.17, 15) is 0 Å². The van der Waals surface area contributed by atoms with Crippen LogP contribution >= 0.6 is 22.6 Å². The van der Waals surface area contributed by atoms with Crippen molar-refractivity contribution in [3.05, 3.63) is 40.2 Å². The summed E-state index contributed by atoms with van der Waals surface area (Å²) in [5.74, 6) is 0. The third-order valence-electron chi connectivity index (χ3n) is 2.95. The topological polar surface area (TPSA) is 27.1 Å². The van der Waals surface area contributed by atoms with Crippen LogP contribution in [0.5, 0.6) is 0 Å². The molecule has 1 atom stereocenters. The molecule has 2 aromatic rings. The summed E-state index contributed by atoms with van der Waals surface area (Å²) in [6, 6.07) is 8.81. The van der Waals surface area contributed by atoms with Crippen LogP contribution in [0, 0.1) is 3.57 Å². The smallest absolute Gasteiger partial charge is 0.0568 e. The predicted octanol–water partition coefficient (Wildman–Crippen LogP) is 3.75. The van der Waals surface area contributed by atoms with Crippen molar-refractivity contribution in [3.8, 4) is 11.1 Å². The second-order valence-electron chi connectivity index (χ2n) is 4.35. The maximum atomic E-state index is 5.10. The van der Waals surface area contributed by atoms with Crippen LogP contribution in [-0.2, 0) is 4.74 Å². The fraction of sp³-hybridized carbons (Fsp3) is 0.357. The van der Waals surface area contributed by atoms with Crippen molar-refractivity contribution in [2.24, 2.45) is 0 Å². The Morgan fingerprint density at radius 2 is 2.22 bits per heavy atom. The molecule has 0 fully saturated rings. The molecule has 0 N–H and O–H groups in total. The van der Waals surface area contributed by atoms with Crippen molar-refractivity contribution in [1.29, 1.82) is 0 Å². The van der Waals surface area contributed by atoms with E-state index in [0.717, 1.165) is 18.6 Å². The van der Waals surface area contributed by atoms with Gasteiger partial charge in [-0.1, -0.05) is 12.1 Å². The molecule has 0 saturated carbocycles. The highest BCUT2D eigenvalue weighted by atomic mass is 127. The highest BCUT2D eigenvalue weighted by Crippen LogP contribution is 2.22. The van der Waals surface area contributed by atoms with Gasteiger partial charge in [-0.25, -0.2) is 0 Å². The maximum Gasteiger partial charge on any atom is 0.0568 e. The summed E-state index contributed by atoms with van der Waals surface area (Å²) >= 11 is 2.33. The van der Waals surface area contributed by atoms with Crippen LogP contribution < -0.4 is 0 Å².